The minimum atomic E-state index is -0.163. The van der Waals surface area contributed by atoms with E-state index in [4.69, 9.17) is 5.84 Å². The SMILES string of the molecule is Cc1c(NN)nc(C(C)(C)C)nc1Nc1ccccc1Br. The van der Waals surface area contributed by atoms with Crippen LogP contribution in [0.4, 0.5) is 17.3 Å². The van der Waals surface area contributed by atoms with E-state index in [-0.39, 0.29) is 5.41 Å². The standard InChI is InChI=1S/C15H20BrN5/c1-9-12(18-11-8-6-5-7-10(11)16)19-14(15(2,3)4)20-13(9)21-17/h5-8H,17H2,1-4H3,(H2,18,19,20,21). The molecule has 0 aliphatic carbocycles. The molecule has 2 rings (SSSR count). The molecule has 1 aromatic carbocycles. The Kier molecular flexibility index (Phi) is 4.49. The Hall–Kier alpha value is -1.66. The number of hydrazine groups is 1. The lowest BCUT2D eigenvalue weighted by Crippen LogP contribution is -2.21. The Labute approximate surface area is 133 Å². The smallest absolute Gasteiger partial charge is 0.148 e. The molecule has 0 aliphatic rings. The summed E-state index contributed by atoms with van der Waals surface area (Å²) in [6, 6.07) is 7.90. The number of aromatic nitrogens is 2. The summed E-state index contributed by atoms with van der Waals surface area (Å²) in [6.45, 7) is 8.14. The van der Waals surface area contributed by atoms with Crippen molar-refractivity contribution in [2.75, 3.05) is 10.7 Å². The quantitative estimate of drug-likeness (QED) is 0.579. The topological polar surface area (TPSA) is 75.9 Å². The van der Waals surface area contributed by atoms with Crippen molar-refractivity contribution >= 4 is 33.3 Å². The molecule has 6 heteroatoms. The van der Waals surface area contributed by atoms with Crippen molar-refractivity contribution in [3.8, 4) is 0 Å². The van der Waals surface area contributed by atoms with Gasteiger partial charge in [0, 0.05) is 15.5 Å². The molecule has 0 radical (unpaired) electrons. The zero-order valence-electron chi connectivity index (χ0n) is 12.7. The molecule has 0 fully saturated rings. The van der Waals surface area contributed by atoms with Crippen molar-refractivity contribution in [1.82, 2.24) is 9.97 Å². The van der Waals surface area contributed by atoms with E-state index in [0.717, 1.165) is 27.4 Å². The summed E-state index contributed by atoms with van der Waals surface area (Å²) in [7, 11) is 0. The van der Waals surface area contributed by atoms with Crippen LogP contribution in [-0.4, -0.2) is 9.97 Å². The molecule has 0 saturated carbocycles. The highest BCUT2D eigenvalue weighted by Crippen LogP contribution is 2.30. The maximum absolute atomic E-state index is 5.58. The van der Waals surface area contributed by atoms with Crippen molar-refractivity contribution in [2.24, 2.45) is 5.84 Å². The van der Waals surface area contributed by atoms with E-state index in [9.17, 15) is 0 Å². The molecule has 112 valence electrons. The zero-order valence-corrected chi connectivity index (χ0v) is 14.2. The maximum atomic E-state index is 5.58. The molecule has 5 nitrogen and oxygen atoms in total. The van der Waals surface area contributed by atoms with Crippen LogP contribution in [-0.2, 0) is 5.41 Å². The van der Waals surface area contributed by atoms with Gasteiger partial charge in [0.1, 0.15) is 17.5 Å². The van der Waals surface area contributed by atoms with Gasteiger partial charge in [-0.3, -0.25) is 0 Å². The molecule has 2 aromatic rings. The van der Waals surface area contributed by atoms with Crippen LogP contribution in [0.25, 0.3) is 0 Å². The minimum Gasteiger partial charge on any atom is -0.339 e. The van der Waals surface area contributed by atoms with Gasteiger partial charge in [-0.15, -0.1) is 0 Å². The second-order valence-corrected chi connectivity index (χ2v) is 6.72. The maximum Gasteiger partial charge on any atom is 0.148 e. The first-order valence-electron chi connectivity index (χ1n) is 6.70. The highest BCUT2D eigenvalue weighted by Gasteiger charge is 2.21. The first-order chi connectivity index (χ1) is 9.82. The Morgan fingerprint density at radius 3 is 2.29 bits per heavy atom. The van der Waals surface area contributed by atoms with Crippen LogP contribution in [0.1, 0.15) is 32.2 Å². The third-order valence-corrected chi connectivity index (χ3v) is 3.77. The lowest BCUT2D eigenvalue weighted by Gasteiger charge is -2.21. The summed E-state index contributed by atoms with van der Waals surface area (Å²) in [5.41, 5.74) is 4.31. The van der Waals surface area contributed by atoms with E-state index < -0.39 is 0 Å². The van der Waals surface area contributed by atoms with Gasteiger partial charge in [-0.1, -0.05) is 32.9 Å². The van der Waals surface area contributed by atoms with E-state index in [1.165, 1.54) is 0 Å². The summed E-state index contributed by atoms with van der Waals surface area (Å²) in [5, 5.41) is 3.33. The van der Waals surface area contributed by atoms with Gasteiger partial charge in [0.2, 0.25) is 0 Å². The number of anilines is 3. The number of halogens is 1. The number of nitrogen functional groups attached to an aromatic ring is 1. The first-order valence-corrected chi connectivity index (χ1v) is 7.49. The molecule has 0 amide bonds. The third-order valence-electron chi connectivity index (χ3n) is 3.08. The molecule has 1 aromatic heterocycles. The van der Waals surface area contributed by atoms with Crippen molar-refractivity contribution in [2.45, 2.75) is 33.1 Å². The number of rotatable bonds is 3. The van der Waals surface area contributed by atoms with E-state index >= 15 is 0 Å². The Balaban J connectivity index is 2.50. The minimum absolute atomic E-state index is 0.163. The number of para-hydroxylation sites is 1. The third kappa shape index (κ3) is 3.51. The second kappa shape index (κ2) is 5.99. The van der Waals surface area contributed by atoms with Gasteiger partial charge in [-0.25, -0.2) is 15.8 Å². The van der Waals surface area contributed by atoms with Crippen LogP contribution < -0.4 is 16.6 Å². The van der Waals surface area contributed by atoms with E-state index in [2.05, 4.69) is 57.4 Å². The van der Waals surface area contributed by atoms with Crippen molar-refractivity contribution in [3.63, 3.8) is 0 Å². The number of nitrogens with zero attached hydrogens (tertiary/aromatic N) is 2. The first kappa shape index (κ1) is 15.7. The Morgan fingerprint density at radius 1 is 1.10 bits per heavy atom. The summed E-state index contributed by atoms with van der Waals surface area (Å²) in [6.07, 6.45) is 0. The van der Waals surface area contributed by atoms with Crippen LogP contribution in [0, 0.1) is 6.92 Å². The molecule has 0 spiro atoms. The zero-order chi connectivity index (χ0) is 15.6. The van der Waals surface area contributed by atoms with Crippen LogP contribution in [0.5, 0.6) is 0 Å². The molecule has 0 atom stereocenters. The molecule has 21 heavy (non-hydrogen) atoms. The summed E-state index contributed by atoms with van der Waals surface area (Å²) in [5.74, 6) is 7.68. The normalized spacial score (nSPS) is 11.3. The van der Waals surface area contributed by atoms with Crippen LogP contribution in [0.2, 0.25) is 0 Å². The average Bonchev–Trinajstić information content (AvgIpc) is 2.42. The van der Waals surface area contributed by atoms with Gasteiger partial charge in [0.25, 0.3) is 0 Å². The van der Waals surface area contributed by atoms with Gasteiger partial charge in [0.15, 0.2) is 0 Å². The van der Waals surface area contributed by atoms with E-state index in [0.29, 0.717) is 5.82 Å². The van der Waals surface area contributed by atoms with Crippen LogP contribution >= 0.6 is 15.9 Å². The fourth-order valence-electron chi connectivity index (χ4n) is 1.80. The molecular weight excluding hydrogens is 330 g/mol. The van der Waals surface area contributed by atoms with Gasteiger partial charge >= 0.3 is 0 Å². The Bertz CT molecular complexity index is 649. The summed E-state index contributed by atoms with van der Waals surface area (Å²) < 4.78 is 0.975. The number of benzene rings is 1. The van der Waals surface area contributed by atoms with Gasteiger partial charge in [0.05, 0.1) is 5.69 Å². The van der Waals surface area contributed by atoms with Gasteiger partial charge < -0.3 is 10.7 Å². The summed E-state index contributed by atoms with van der Waals surface area (Å²) in [4.78, 5) is 9.14. The average molecular weight is 350 g/mol. The van der Waals surface area contributed by atoms with E-state index in [1.807, 2.05) is 31.2 Å². The lowest BCUT2D eigenvalue weighted by molar-refractivity contribution is 0.546. The number of hydrogen-bond acceptors (Lipinski definition) is 5. The number of hydrogen-bond donors (Lipinski definition) is 3. The molecule has 4 N–H and O–H groups in total. The molecule has 0 saturated heterocycles. The van der Waals surface area contributed by atoms with Crippen LogP contribution in [0.3, 0.4) is 0 Å². The fourth-order valence-corrected chi connectivity index (χ4v) is 2.19. The predicted octanol–water partition coefficient (Wildman–Crippen LogP) is 3.87. The molecular formula is C15H20BrN5. The van der Waals surface area contributed by atoms with Crippen LogP contribution in [0.15, 0.2) is 28.7 Å². The molecule has 1 heterocycles. The largest absolute Gasteiger partial charge is 0.339 e. The summed E-state index contributed by atoms with van der Waals surface area (Å²) >= 11 is 3.53. The second-order valence-electron chi connectivity index (χ2n) is 5.87. The lowest BCUT2D eigenvalue weighted by atomic mass is 9.95. The fraction of sp³-hybridized carbons (Fsp3) is 0.333. The molecule has 0 aliphatic heterocycles. The molecule has 0 bridgehead atoms. The van der Waals surface area contributed by atoms with Gasteiger partial charge in [-0.05, 0) is 35.0 Å². The highest BCUT2D eigenvalue weighted by atomic mass is 79.9. The number of nitrogens with one attached hydrogen (secondary N) is 2. The van der Waals surface area contributed by atoms with Gasteiger partial charge in [-0.2, -0.15) is 0 Å². The van der Waals surface area contributed by atoms with Crippen molar-refractivity contribution in [3.05, 3.63) is 40.1 Å². The predicted molar refractivity (Wildman–Crippen MR) is 90.7 cm³/mol. The van der Waals surface area contributed by atoms with Crippen molar-refractivity contribution < 1.29 is 0 Å². The Morgan fingerprint density at radius 2 is 1.71 bits per heavy atom. The highest BCUT2D eigenvalue weighted by molar-refractivity contribution is 9.10. The monoisotopic (exact) mass is 349 g/mol. The van der Waals surface area contributed by atoms with Crippen molar-refractivity contribution in [1.29, 1.82) is 0 Å². The molecule has 0 unspecified atom stereocenters. The number of nitrogens with two attached hydrogens (primary N) is 1. The van der Waals surface area contributed by atoms with E-state index in [1.54, 1.807) is 0 Å².